The third-order valence-electron chi connectivity index (χ3n) is 2.48. The molecule has 0 bridgehead atoms. The first-order valence-electron chi connectivity index (χ1n) is 5.22. The molecule has 0 radical (unpaired) electrons. The van der Waals surface area contributed by atoms with E-state index < -0.39 is 0 Å². The summed E-state index contributed by atoms with van der Waals surface area (Å²) in [4.78, 5) is 11.0. The number of aryl methyl sites for hydroxylation is 1. The van der Waals surface area contributed by atoms with Gasteiger partial charge in [0, 0.05) is 12.1 Å². The van der Waals surface area contributed by atoms with Gasteiger partial charge < -0.3 is 14.5 Å². The minimum atomic E-state index is -0.357. The Morgan fingerprint density at radius 2 is 2.38 bits per heavy atom. The summed E-state index contributed by atoms with van der Waals surface area (Å²) < 4.78 is 10.4. The first-order chi connectivity index (χ1) is 7.24. The summed E-state index contributed by atoms with van der Waals surface area (Å²) >= 11 is 0. The lowest BCUT2D eigenvalue weighted by Gasteiger charge is -2.11. The highest BCUT2D eigenvalue weighted by atomic mass is 35.5. The molecule has 2 heterocycles. The predicted molar refractivity (Wildman–Crippen MR) is 63.5 cm³/mol. The van der Waals surface area contributed by atoms with E-state index in [0.717, 1.165) is 13.0 Å². The number of ether oxygens (including phenoxy) is 1. The molecule has 1 aliphatic rings. The van der Waals surface area contributed by atoms with Gasteiger partial charge in [-0.3, -0.25) is 0 Å². The largest absolute Gasteiger partial charge is 0.492 e. The minimum absolute atomic E-state index is 0. The highest BCUT2D eigenvalue weighted by molar-refractivity contribution is 5.85. The lowest BCUT2D eigenvalue weighted by Crippen LogP contribution is -2.28. The van der Waals surface area contributed by atoms with Crippen LogP contribution in [-0.2, 0) is 0 Å². The molecule has 1 saturated heterocycles. The van der Waals surface area contributed by atoms with Gasteiger partial charge in [0.15, 0.2) is 0 Å². The van der Waals surface area contributed by atoms with Crippen LogP contribution in [0, 0.1) is 6.92 Å². The summed E-state index contributed by atoms with van der Waals surface area (Å²) in [5, 5.41) is 3.33. The SMILES string of the molecule is Cc1cc(OCC2CCCN2)cc(=O)o1.Cl. The van der Waals surface area contributed by atoms with E-state index in [9.17, 15) is 4.79 Å². The Balaban J connectivity index is 0.00000128. The van der Waals surface area contributed by atoms with Crippen molar-refractivity contribution < 1.29 is 9.15 Å². The lowest BCUT2D eigenvalue weighted by molar-refractivity contribution is 0.273. The topological polar surface area (TPSA) is 51.5 Å². The van der Waals surface area contributed by atoms with Crippen molar-refractivity contribution in [3.8, 4) is 5.75 Å². The van der Waals surface area contributed by atoms with Crippen molar-refractivity contribution in [2.24, 2.45) is 0 Å². The molecular weight excluding hydrogens is 230 g/mol. The molecule has 0 aromatic carbocycles. The molecule has 2 rings (SSSR count). The molecule has 5 heteroatoms. The summed E-state index contributed by atoms with van der Waals surface area (Å²) in [6, 6.07) is 3.52. The maximum Gasteiger partial charge on any atom is 0.339 e. The van der Waals surface area contributed by atoms with E-state index in [4.69, 9.17) is 9.15 Å². The fraction of sp³-hybridized carbons (Fsp3) is 0.545. The van der Waals surface area contributed by atoms with Crippen LogP contribution >= 0.6 is 12.4 Å². The van der Waals surface area contributed by atoms with Crippen LogP contribution in [0.2, 0.25) is 0 Å². The number of hydrogen-bond donors (Lipinski definition) is 1. The zero-order valence-electron chi connectivity index (χ0n) is 9.19. The van der Waals surface area contributed by atoms with Crippen LogP contribution < -0.4 is 15.7 Å². The van der Waals surface area contributed by atoms with Crippen molar-refractivity contribution in [1.29, 1.82) is 0 Å². The molecule has 4 nitrogen and oxygen atoms in total. The van der Waals surface area contributed by atoms with Crippen molar-refractivity contribution >= 4 is 12.4 Å². The lowest BCUT2D eigenvalue weighted by atomic mass is 10.2. The van der Waals surface area contributed by atoms with E-state index >= 15 is 0 Å². The molecule has 0 aliphatic carbocycles. The summed E-state index contributed by atoms with van der Waals surface area (Å²) in [6.45, 7) is 3.41. The fourth-order valence-corrected chi connectivity index (χ4v) is 1.75. The molecule has 0 spiro atoms. The number of hydrogen-bond acceptors (Lipinski definition) is 4. The van der Waals surface area contributed by atoms with Crippen LogP contribution in [0.25, 0.3) is 0 Å². The van der Waals surface area contributed by atoms with Crippen LogP contribution in [0.3, 0.4) is 0 Å². The van der Waals surface area contributed by atoms with Gasteiger partial charge in [0.05, 0.1) is 6.07 Å². The first kappa shape index (κ1) is 13.1. The first-order valence-corrected chi connectivity index (χ1v) is 5.22. The molecule has 1 fully saturated rings. The molecule has 0 saturated carbocycles. The molecular formula is C11H16ClNO3. The minimum Gasteiger partial charge on any atom is -0.492 e. The second kappa shape index (κ2) is 5.92. The van der Waals surface area contributed by atoms with Crippen LogP contribution in [0.15, 0.2) is 21.3 Å². The highest BCUT2D eigenvalue weighted by Gasteiger charge is 2.14. The fourth-order valence-electron chi connectivity index (χ4n) is 1.75. The third-order valence-corrected chi connectivity index (χ3v) is 2.48. The second-order valence-electron chi connectivity index (χ2n) is 3.83. The smallest absolute Gasteiger partial charge is 0.339 e. The van der Waals surface area contributed by atoms with Gasteiger partial charge in [0.25, 0.3) is 0 Å². The van der Waals surface area contributed by atoms with Gasteiger partial charge in [-0.2, -0.15) is 0 Å². The molecule has 1 aromatic heterocycles. The monoisotopic (exact) mass is 245 g/mol. The van der Waals surface area contributed by atoms with Crippen LogP contribution in [-0.4, -0.2) is 19.2 Å². The Morgan fingerprint density at radius 1 is 1.56 bits per heavy atom. The van der Waals surface area contributed by atoms with E-state index in [2.05, 4.69) is 5.32 Å². The molecule has 1 N–H and O–H groups in total. The van der Waals surface area contributed by atoms with Crippen molar-refractivity contribution in [2.45, 2.75) is 25.8 Å². The van der Waals surface area contributed by atoms with E-state index in [1.807, 2.05) is 0 Å². The van der Waals surface area contributed by atoms with E-state index in [1.165, 1.54) is 12.5 Å². The maximum atomic E-state index is 11.0. The number of rotatable bonds is 3. The zero-order chi connectivity index (χ0) is 10.7. The average molecular weight is 246 g/mol. The molecule has 16 heavy (non-hydrogen) atoms. The zero-order valence-corrected chi connectivity index (χ0v) is 10.0. The summed E-state index contributed by atoms with van der Waals surface area (Å²) in [7, 11) is 0. The van der Waals surface area contributed by atoms with Gasteiger partial charge in [-0.25, -0.2) is 4.79 Å². The molecule has 0 amide bonds. The second-order valence-corrected chi connectivity index (χ2v) is 3.83. The Hall–Kier alpha value is -1.00. The molecule has 1 atom stereocenters. The van der Waals surface area contributed by atoms with Crippen LogP contribution in [0.5, 0.6) is 5.75 Å². The number of nitrogens with one attached hydrogen (secondary N) is 1. The Morgan fingerprint density at radius 3 is 3.00 bits per heavy atom. The average Bonchev–Trinajstić information content (AvgIpc) is 2.65. The maximum absolute atomic E-state index is 11.0. The summed E-state index contributed by atoms with van der Waals surface area (Å²) in [6.07, 6.45) is 2.34. The van der Waals surface area contributed by atoms with Gasteiger partial charge in [-0.1, -0.05) is 0 Å². The third kappa shape index (κ3) is 3.54. The normalized spacial score (nSPS) is 19.2. The van der Waals surface area contributed by atoms with Gasteiger partial charge in [-0.05, 0) is 26.3 Å². The summed E-state index contributed by atoms with van der Waals surface area (Å²) in [5.74, 6) is 1.18. The Bertz CT molecular complexity index is 385. The Kier molecular flexibility index (Phi) is 4.83. The standard InChI is InChI=1S/C11H15NO3.ClH/c1-8-5-10(6-11(13)15-8)14-7-9-3-2-4-12-9;/h5-6,9,12H,2-4,7H2,1H3;1H. The van der Waals surface area contributed by atoms with Crippen molar-refractivity contribution in [1.82, 2.24) is 5.32 Å². The molecule has 90 valence electrons. The quantitative estimate of drug-likeness (QED) is 0.877. The highest BCUT2D eigenvalue weighted by Crippen LogP contribution is 2.12. The van der Waals surface area contributed by atoms with Gasteiger partial charge in [0.1, 0.15) is 18.1 Å². The molecule has 1 unspecified atom stereocenters. The summed E-state index contributed by atoms with van der Waals surface area (Å²) in [5.41, 5.74) is -0.357. The molecule has 1 aliphatic heterocycles. The van der Waals surface area contributed by atoms with E-state index in [1.54, 1.807) is 13.0 Å². The van der Waals surface area contributed by atoms with E-state index in [-0.39, 0.29) is 18.0 Å². The van der Waals surface area contributed by atoms with Gasteiger partial charge >= 0.3 is 5.63 Å². The van der Waals surface area contributed by atoms with Crippen LogP contribution in [0.1, 0.15) is 18.6 Å². The van der Waals surface area contributed by atoms with Gasteiger partial charge in [-0.15, -0.1) is 12.4 Å². The molecule has 1 aromatic rings. The number of halogens is 1. The van der Waals surface area contributed by atoms with Crippen LogP contribution in [0.4, 0.5) is 0 Å². The van der Waals surface area contributed by atoms with Crippen molar-refractivity contribution in [2.75, 3.05) is 13.2 Å². The van der Waals surface area contributed by atoms with Gasteiger partial charge in [0.2, 0.25) is 0 Å². The Labute approximate surface area is 100 Å². The van der Waals surface area contributed by atoms with Crippen molar-refractivity contribution in [3.05, 3.63) is 28.3 Å². The van der Waals surface area contributed by atoms with Crippen molar-refractivity contribution in [3.63, 3.8) is 0 Å². The van der Waals surface area contributed by atoms with E-state index in [0.29, 0.717) is 24.2 Å². The predicted octanol–water partition coefficient (Wildman–Crippen LogP) is 1.50.